The average molecular weight is 278 g/mol. The third-order valence-corrected chi connectivity index (χ3v) is 3.01. The third-order valence-electron chi connectivity index (χ3n) is 3.01. The summed E-state index contributed by atoms with van der Waals surface area (Å²) in [5.41, 5.74) is 1.19. The topological polar surface area (TPSA) is 50.4 Å². The van der Waals surface area contributed by atoms with Crippen molar-refractivity contribution in [1.82, 2.24) is 10.6 Å². The zero-order valence-corrected chi connectivity index (χ0v) is 12.7. The Labute approximate surface area is 121 Å². The minimum absolute atomic E-state index is 0.127. The van der Waals surface area contributed by atoms with E-state index >= 15 is 0 Å². The van der Waals surface area contributed by atoms with E-state index in [9.17, 15) is 4.79 Å². The molecule has 1 aromatic rings. The van der Waals surface area contributed by atoms with Gasteiger partial charge >= 0.3 is 6.03 Å². The van der Waals surface area contributed by atoms with E-state index in [0.29, 0.717) is 25.6 Å². The van der Waals surface area contributed by atoms with Crippen LogP contribution in [-0.4, -0.2) is 25.7 Å². The van der Waals surface area contributed by atoms with Crippen LogP contribution < -0.4 is 15.4 Å². The zero-order chi connectivity index (χ0) is 14.8. The van der Waals surface area contributed by atoms with Crippen molar-refractivity contribution in [3.8, 4) is 5.75 Å². The quantitative estimate of drug-likeness (QED) is 0.718. The summed E-state index contributed by atoms with van der Waals surface area (Å²) >= 11 is 0. The number of nitrogens with one attached hydrogen (secondary N) is 2. The molecule has 0 aliphatic rings. The molecule has 112 valence electrons. The Hall–Kier alpha value is -1.71. The van der Waals surface area contributed by atoms with Crippen LogP contribution in [0.2, 0.25) is 0 Å². The predicted octanol–water partition coefficient (Wildman–Crippen LogP) is 2.97. The molecule has 0 atom stereocenters. The Balaban J connectivity index is 2.16. The number of amides is 2. The molecule has 0 unspecified atom stereocenters. The zero-order valence-electron chi connectivity index (χ0n) is 12.7. The number of carbonyl (C=O) groups is 1. The molecule has 4 nitrogen and oxygen atoms in total. The lowest BCUT2D eigenvalue weighted by molar-refractivity contribution is 0.236. The highest BCUT2D eigenvalue weighted by atomic mass is 16.5. The van der Waals surface area contributed by atoms with Crippen molar-refractivity contribution < 1.29 is 9.53 Å². The normalized spacial score (nSPS) is 10.4. The highest BCUT2D eigenvalue weighted by Crippen LogP contribution is 2.17. The van der Waals surface area contributed by atoms with Gasteiger partial charge in [0.1, 0.15) is 12.4 Å². The van der Waals surface area contributed by atoms with Gasteiger partial charge in [0.15, 0.2) is 0 Å². The second-order valence-corrected chi connectivity index (χ2v) is 5.17. The van der Waals surface area contributed by atoms with Crippen LogP contribution in [0.15, 0.2) is 24.3 Å². The number of rotatable bonds is 8. The maximum absolute atomic E-state index is 11.5. The second kappa shape index (κ2) is 9.23. The summed E-state index contributed by atoms with van der Waals surface area (Å²) in [4.78, 5) is 11.5. The third kappa shape index (κ3) is 6.45. The fourth-order valence-corrected chi connectivity index (χ4v) is 1.80. The minimum atomic E-state index is -0.127. The highest BCUT2D eigenvalue weighted by molar-refractivity contribution is 5.73. The first-order valence-electron chi connectivity index (χ1n) is 7.35. The lowest BCUT2D eigenvalue weighted by atomic mass is 10.1. The van der Waals surface area contributed by atoms with Gasteiger partial charge in [-0.3, -0.25) is 0 Å². The maximum atomic E-state index is 11.5. The molecule has 1 aromatic carbocycles. The molecule has 20 heavy (non-hydrogen) atoms. The number of para-hydroxylation sites is 1. The molecule has 0 aromatic heterocycles. The van der Waals surface area contributed by atoms with Gasteiger partial charge in [-0.15, -0.1) is 0 Å². The number of aryl methyl sites for hydroxylation is 1. The van der Waals surface area contributed by atoms with E-state index < -0.39 is 0 Å². The average Bonchev–Trinajstić information content (AvgIpc) is 2.43. The number of benzene rings is 1. The van der Waals surface area contributed by atoms with Gasteiger partial charge in [0.2, 0.25) is 0 Å². The van der Waals surface area contributed by atoms with Crippen molar-refractivity contribution in [2.75, 3.05) is 19.7 Å². The first-order valence-corrected chi connectivity index (χ1v) is 7.35. The van der Waals surface area contributed by atoms with E-state index in [0.717, 1.165) is 18.6 Å². The Morgan fingerprint density at radius 3 is 2.60 bits per heavy atom. The molecule has 2 N–H and O–H groups in total. The van der Waals surface area contributed by atoms with Crippen LogP contribution in [0.1, 0.15) is 32.8 Å². The molecule has 0 bridgehead atoms. The van der Waals surface area contributed by atoms with Crippen molar-refractivity contribution >= 4 is 6.03 Å². The van der Waals surface area contributed by atoms with E-state index in [1.165, 1.54) is 5.56 Å². The van der Waals surface area contributed by atoms with Crippen molar-refractivity contribution in [3.63, 3.8) is 0 Å². The largest absolute Gasteiger partial charge is 0.491 e. The van der Waals surface area contributed by atoms with Gasteiger partial charge in [0, 0.05) is 6.54 Å². The lowest BCUT2D eigenvalue weighted by Gasteiger charge is -2.11. The molecule has 0 saturated carbocycles. The van der Waals surface area contributed by atoms with Gasteiger partial charge in [-0.1, -0.05) is 39.0 Å². The van der Waals surface area contributed by atoms with Crippen LogP contribution in [0.25, 0.3) is 0 Å². The second-order valence-electron chi connectivity index (χ2n) is 5.17. The monoisotopic (exact) mass is 278 g/mol. The summed E-state index contributed by atoms with van der Waals surface area (Å²) in [5.74, 6) is 1.50. The lowest BCUT2D eigenvalue weighted by Crippen LogP contribution is -2.38. The first-order chi connectivity index (χ1) is 9.63. The van der Waals surface area contributed by atoms with Crippen LogP contribution in [0.4, 0.5) is 4.79 Å². The van der Waals surface area contributed by atoms with Crippen molar-refractivity contribution in [1.29, 1.82) is 0 Å². The summed E-state index contributed by atoms with van der Waals surface area (Å²) in [5, 5.41) is 5.62. The van der Waals surface area contributed by atoms with Gasteiger partial charge in [-0.25, -0.2) is 4.79 Å². The summed E-state index contributed by atoms with van der Waals surface area (Å²) in [6.07, 6.45) is 1.94. The highest BCUT2D eigenvalue weighted by Gasteiger charge is 2.02. The molecule has 0 radical (unpaired) electrons. The molecule has 1 rings (SSSR count). The van der Waals surface area contributed by atoms with Gasteiger partial charge in [-0.05, 0) is 30.4 Å². The Bertz CT molecular complexity index is 405. The molecule has 0 aliphatic heterocycles. The van der Waals surface area contributed by atoms with Crippen LogP contribution in [0, 0.1) is 5.92 Å². The molecule has 0 spiro atoms. The molecule has 0 fully saturated rings. The van der Waals surface area contributed by atoms with Crippen LogP contribution >= 0.6 is 0 Å². The number of hydrogen-bond acceptors (Lipinski definition) is 2. The Morgan fingerprint density at radius 2 is 1.90 bits per heavy atom. The van der Waals surface area contributed by atoms with Gasteiger partial charge < -0.3 is 15.4 Å². The molecule has 0 aliphatic carbocycles. The number of urea groups is 1. The van der Waals surface area contributed by atoms with Crippen molar-refractivity contribution in [2.24, 2.45) is 5.92 Å². The van der Waals surface area contributed by atoms with E-state index in [1.54, 1.807) is 0 Å². The summed E-state index contributed by atoms with van der Waals surface area (Å²) in [7, 11) is 0. The predicted molar refractivity (Wildman–Crippen MR) is 82.2 cm³/mol. The SMILES string of the molecule is CCc1ccccc1OCCNC(=O)NCCC(C)C. The summed E-state index contributed by atoms with van der Waals surface area (Å²) in [6, 6.07) is 7.85. The molecule has 2 amide bonds. The fraction of sp³-hybridized carbons (Fsp3) is 0.562. The van der Waals surface area contributed by atoms with E-state index in [-0.39, 0.29) is 6.03 Å². The standard InChI is InChI=1S/C16H26N2O2/c1-4-14-7-5-6-8-15(14)20-12-11-18-16(19)17-10-9-13(2)3/h5-8,13H,4,9-12H2,1-3H3,(H2,17,18,19). The summed E-state index contributed by atoms with van der Waals surface area (Å²) in [6.45, 7) is 8.07. The fourth-order valence-electron chi connectivity index (χ4n) is 1.80. The van der Waals surface area contributed by atoms with E-state index in [4.69, 9.17) is 4.74 Å². The van der Waals surface area contributed by atoms with Crippen LogP contribution in [-0.2, 0) is 6.42 Å². The molecular weight excluding hydrogens is 252 g/mol. The molecule has 4 heteroatoms. The Kier molecular flexibility index (Phi) is 7.55. The van der Waals surface area contributed by atoms with Crippen molar-refractivity contribution in [3.05, 3.63) is 29.8 Å². The maximum Gasteiger partial charge on any atom is 0.314 e. The molecular formula is C16H26N2O2. The number of carbonyl (C=O) groups excluding carboxylic acids is 1. The smallest absolute Gasteiger partial charge is 0.314 e. The van der Waals surface area contributed by atoms with E-state index in [1.807, 2.05) is 18.2 Å². The van der Waals surface area contributed by atoms with Crippen LogP contribution in [0.3, 0.4) is 0 Å². The van der Waals surface area contributed by atoms with Crippen molar-refractivity contribution in [2.45, 2.75) is 33.6 Å². The number of hydrogen-bond donors (Lipinski definition) is 2. The molecule has 0 heterocycles. The number of ether oxygens (including phenoxy) is 1. The van der Waals surface area contributed by atoms with Crippen LogP contribution in [0.5, 0.6) is 5.75 Å². The van der Waals surface area contributed by atoms with E-state index in [2.05, 4.69) is 37.5 Å². The Morgan fingerprint density at radius 1 is 1.20 bits per heavy atom. The first kappa shape index (κ1) is 16.3. The summed E-state index contributed by atoms with van der Waals surface area (Å²) < 4.78 is 5.68. The van der Waals surface area contributed by atoms with Gasteiger partial charge in [0.05, 0.1) is 6.54 Å². The minimum Gasteiger partial charge on any atom is -0.491 e. The van der Waals surface area contributed by atoms with Gasteiger partial charge in [-0.2, -0.15) is 0 Å². The molecule has 0 saturated heterocycles. The van der Waals surface area contributed by atoms with Gasteiger partial charge in [0.25, 0.3) is 0 Å².